The first-order valence-electron chi connectivity index (χ1n) is 11.4. The van der Waals surface area contributed by atoms with Gasteiger partial charge in [0, 0.05) is 41.8 Å². The molecule has 1 aliphatic heterocycles. The highest BCUT2D eigenvalue weighted by Gasteiger charge is 2.36. The monoisotopic (exact) mass is 470 g/mol. The van der Waals surface area contributed by atoms with Crippen LogP contribution in [0.15, 0.2) is 83.8 Å². The fraction of sp³-hybridized carbons (Fsp3) is 0.214. The predicted octanol–water partition coefficient (Wildman–Crippen LogP) is 4.44. The van der Waals surface area contributed by atoms with Crippen molar-refractivity contribution in [1.29, 1.82) is 0 Å². The summed E-state index contributed by atoms with van der Waals surface area (Å²) in [5.74, 6) is -1.99. The molecule has 1 aliphatic rings. The molecule has 7 nitrogen and oxygen atoms in total. The minimum absolute atomic E-state index is 0.153. The number of fused-ring (bicyclic) bond motifs is 1. The predicted molar refractivity (Wildman–Crippen MR) is 132 cm³/mol. The Morgan fingerprint density at radius 2 is 1.74 bits per heavy atom. The number of nitrogens with one attached hydrogen (secondary N) is 1. The van der Waals surface area contributed by atoms with E-state index in [9.17, 15) is 14.4 Å². The number of aromatic nitrogens is 1. The number of esters is 2. The van der Waals surface area contributed by atoms with E-state index in [1.807, 2.05) is 54.6 Å². The van der Waals surface area contributed by atoms with Gasteiger partial charge in [-0.1, -0.05) is 42.5 Å². The molecule has 2 heterocycles. The molecule has 0 aliphatic carbocycles. The highest BCUT2D eigenvalue weighted by molar-refractivity contribution is 6.03. The van der Waals surface area contributed by atoms with E-state index in [4.69, 9.17) is 9.47 Å². The molecule has 0 spiro atoms. The molecule has 35 heavy (non-hydrogen) atoms. The Hall–Kier alpha value is -4.26. The molecule has 1 unspecified atom stereocenters. The molecule has 7 heteroatoms. The Balaban J connectivity index is 1.95. The van der Waals surface area contributed by atoms with Crippen molar-refractivity contribution in [2.24, 2.45) is 0 Å². The molecule has 1 aromatic heterocycles. The Labute approximate surface area is 203 Å². The zero-order valence-electron chi connectivity index (χ0n) is 19.8. The second-order valence-electron chi connectivity index (χ2n) is 8.13. The molecular weight excluding hydrogens is 444 g/mol. The molecule has 0 fully saturated rings. The van der Waals surface area contributed by atoms with E-state index >= 15 is 0 Å². The van der Waals surface area contributed by atoms with E-state index in [-0.39, 0.29) is 24.6 Å². The molecule has 1 N–H and O–H groups in total. The van der Waals surface area contributed by atoms with E-state index in [2.05, 4.69) is 10.3 Å². The maximum absolute atomic E-state index is 13.2. The molecule has 0 radical (unpaired) electrons. The van der Waals surface area contributed by atoms with Crippen molar-refractivity contribution in [3.63, 3.8) is 0 Å². The van der Waals surface area contributed by atoms with Gasteiger partial charge in [0.05, 0.1) is 23.4 Å². The zero-order chi connectivity index (χ0) is 24.9. The fourth-order valence-electron chi connectivity index (χ4n) is 4.24. The number of ketones is 1. The van der Waals surface area contributed by atoms with Gasteiger partial charge in [0.1, 0.15) is 6.61 Å². The number of carbonyl (C=O) groups excluding carboxylic acids is 3. The maximum Gasteiger partial charge on any atom is 0.336 e. The van der Waals surface area contributed by atoms with Crippen molar-refractivity contribution in [1.82, 2.24) is 10.3 Å². The average Bonchev–Trinajstić information content (AvgIpc) is 2.86. The number of benzene rings is 2. The first-order chi connectivity index (χ1) is 16.9. The molecule has 0 amide bonds. The molecule has 1 atom stereocenters. The topological polar surface area (TPSA) is 94.6 Å². The van der Waals surface area contributed by atoms with Crippen molar-refractivity contribution in [2.75, 3.05) is 13.2 Å². The molecule has 0 saturated carbocycles. The summed E-state index contributed by atoms with van der Waals surface area (Å²) in [5, 5.41) is 3.79. The summed E-state index contributed by atoms with van der Waals surface area (Å²) < 4.78 is 10.6. The van der Waals surface area contributed by atoms with Crippen LogP contribution in [0.25, 0.3) is 22.0 Å². The molecule has 0 saturated heterocycles. The number of pyridine rings is 1. The first kappa shape index (κ1) is 23.9. The second kappa shape index (κ2) is 10.3. The summed E-state index contributed by atoms with van der Waals surface area (Å²) in [6, 6.07) is 17.5. The SMILES string of the molecule is CCOC(=O)C1=C(COC(C)=O)NC=C(C(C)=O)C1c1cccc2ncc(-c3ccccc3)cc12. The van der Waals surface area contributed by atoms with Crippen LogP contribution < -0.4 is 5.32 Å². The third-order valence-electron chi connectivity index (χ3n) is 5.83. The van der Waals surface area contributed by atoms with Crippen LogP contribution in [0.4, 0.5) is 0 Å². The molecule has 3 aromatic rings. The highest BCUT2D eigenvalue weighted by Crippen LogP contribution is 2.40. The van der Waals surface area contributed by atoms with Crippen LogP contribution in [0.1, 0.15) is 32.3 Å². The van der Waals surface area contributed by atoms with E-state index in [1.165, 1.54) is 13.8 Å². The summed E-state index contributed by atoms with van der Waals surface area (Å²) in [6.07, 6.45) is 3.38. The first-order valence-corrected chi connectivity index (χ1v) is 11.4. The standard InChI is InChI=1S/C28H26N2O5/c1-4-34-28(33)27-25(16-35-18(3)32)30-15-23(17(2)31)26(27)21-11-8-12-24-22(21)13-20(14-29-24)19-9-6-5-7-10-19/h5-15,26,30H,4,16H2,1-3H3. The van der Waals surface area contributed by atoms with Crippen molar-refractivity contribution >= 4 is 28.6 Å². The molecule has 2 aromatic carbocycles. The number of hydrogen-bond donors (Lipinski definition) is 1. The summed E-state index contributed by atoms with van der Waals surface area (Å²) in [4.78, 5) is 42.1. The quantitative estimate of drug-likeness (QED) is 0.510. The number of nitrogens with zero attached hydrogens (tertiary/aromatic N) is 1. The summed E-state index contributed by atoms with van der Waals surface area (Å²) >= 11 is 0. The second-order valence-corrected chi connectivity index (χ2v) is 8.13. The van der Waals surface area contributed by atoms with Gasteiger partial charge in [0.2, 0.25) is 0 Å². The van der Waals surface area contributed by atoms with Gasteiger partial charge < -0.3 is 14.8 Å². The van der Waals surface area contributed by atoms with Crippen molar-refractivity contribution in [3.8, 4) is 11.1 Å². The number of ether oxygens (including phenoxy) is 2. The maximum atomic E-state index is 13.2. The lowest BCUT2D eigenvalue weighted by Crippen LogP contribution is -2.31. The summed E-state index contributed by atoms with van der Waals surface area (Å²) in [7, 11) is 0. The molecular formula is C28H26N2O5. The number of carbonyl (C=O) groups is 3. The summed E-state index contributed by atoms with van der Waals surface area (Å²) in [6.45, 7) is 4.47. The van der Waals surface area contributed by atoms with Gasteiger partial charge in [-0.15, -0.1) is 0 Å². The van der Waals surface area contributed by atoms with Crippen LogP contribution in [0, 0.1) is 0 Å². The summed E-state index contributed by atoms with van der Waals surface area (Å²) in [5.41, 5.74) is 4.39. The van der Waals surface area contributed by atoms with Crippen molar-refractivity contribution < 1.29 is 23.9 Å². The lowest BCUT2D eigenvalue weighted by molar-refractivity contribution is -0.141. The number of hydrogen-bond acceptors (Lipinski definition) is 7. The van der Waals surface area contributed by atoms with E-state index in [0.717, 1.165) is 27.6 Å². The Morgan fingerprint density at radius 3 is 2.43 bits per heavy atom. The van der Waals surface area contributed by atoms with Gasteiger partial charge in [-0.2, -0.15) is 0 Å². The third-order valence-corrected chi connectivity index (χ3v) is 5.83. The van der Waals surface area contributed by atoms with Crippen molar-refractivity contribution in [2.45, 2.75) is 26.7 Å². The van der Waals surface area contributed by atoms with Gasteiger partial charge in [0.25, 0.3) is 0 Å². The van der Waals surface area contributed by atoms with E-state index < -0.39 is 17.9 Å². The van der Waals surface area contributed by atoms with Crippen LogP contribution in [-0.4, -0.2) is 35.9 Å². The molecule has 0 bridgehead atoms. The van der Waals surface area contributed by atoms with Crippen LogP contribution in [0.5, 0.6) is 0 Å². The third kappa shape index (κ3) is 4.99. The lowest BCUT2D eigenvalue weighted by atomic mass is 9.79. The van der Waals surface area contributed by atoms with Gasteiger partial charge >= 0.3 is 11.9 Å². The van der Waals surface area contributed by atoms with Gasteiger partial charge in [-0.25, -0.2) is 4.79 Å². The zero-order valence-corrected chi connectivity index (χ0v) is 19.8. The number of allylic oxidation sites excluding steroid dienone is 1. The van der Waals surface area contributed by atoms with E-state index in [0.29, 0.717) is 11.3 Å². The minimum atomic E-state index is -0.727. The number of Topliss-reactive ketones (excluding diaryl/α,β-unsaturated/α-hetero) is 1. The van der Waals surface area contributed by atoms with E-state index in [1.54, 1.807) is 19.3 Å². The van der Waals surface area contributed by atoms with Crippen LogP contribution in [0.2, 0.25) is 0 Å². The average molecular weight is 471 g/mol. The Morgan fingerprint density at radius 1 is 0.971 bits per heavy atom. The smallest absolute Gasteiger partial charge is 0.336 e. The molecule has 4 rings (SSSR count). The minimum Gasteiger partial charge on any atom is -0.463 e. The Kier molecular flexibility index (Phi) is 7.06. The molecule has 178 valence electrons. The highest BCUT2D eigenvalue weighted by atomic mass is 16.5. The fourth-order valence-corrected chi connectivity index (χ4v) is 4.24. The largest absolute Gasteiger partial charge is 0.463 e. The lowest BCUT2D eigenvalue weighted by Gasteiger charge is -2.29. The van der Waals surface area contributed by atoms with Crippen LogP contribution in [-0.2, 0) is 23.9 Å². The van der Waals surface area contributed by atoms with Gasteiger partial charge in [0.15, 0.2) is 5.78 Å². The Bertz CT molecular complexity index is 1360. The van der Waals surface area contributed by atoms with Gasteiger partial charge in [-0.05, 0) is 37.1 Å². The number of dihydropyridines is 1. The van der Waals surface area contributed by atoms with Crippen LogP contribution >= 0.6 is 0 Å². The van der Waals surface area contributed by atoms with Crippen molar-refractivity contribution in [3.05, 3.63) is 89.4 Å². The van der Waals surface area contributed by atoms with Crippen LogP contribution in [0.3, 0.4) is 0 Å². The van der Waals surface area contributed by atoms with Gasteiger partial charge in [-0.3, -0.25) is 14.6 Å². The normalized spacial score (nSPS) is 15.3. The number of rotatable bonds is 7.